The molecule has 0 saturated heterocycles. The van der Waals surface area contributed by atoms with Crippen molar-refractivity contribution in [3.8, 4) is 5.75 Å². The Bertz CT molecular complexity index is 553. The third-order valence-electron chi connectivity index (χ3n) is 1.98. The average molecular weight is 251 g/mol. The van der Waals surface area contributed by atoms with Crippen molar-refractivity contribution >= 4 is 10.1 Å². The zero-order chi connectivity index (χ0) is 11.4. The van der Waals surface area contributed by atoms with E-state index in [9.17, 15) is 8.42 Å². The zero-order valence-electron chi connectivity index (χ0n) is 9.11. The van der Waals surface area contributed by atoms with Crippen LogP contribution in [-0.2, 0) is 10.1 Å². The Hall–Kier alpha value is -1.85. The summed E-state index contributed by atoms with van der Waals surface area (Å²) in [5.74, 6) is 0.311. The lowest BCUT2D eigenvalue weighted by Gasteiger charge is -2.05. The van der Waals surface area contributed by atoms with Crippen LogP contribution in [0.2, 0.25) is 0 Å². The number of hydrogen-bond acceptors (Lipinski definition) is 4. The zero-order valence-corrected chi connectivity index (χ0v) is 9.93. The maximum absolute atomic E-state index is 11.8. The van der Waals surface area contributed by atoms with Gasteiger partial charge in [-0.2, -0.15) is 8.42 Å². The van der Waals surface area contributed by atoms with Crippen LogP contribution in [0, 0.1) is 0 Å². The second-order valence-electron chi connectivity index (χ2n) is 3.16. The molecule has 2 rings (SSSR count). The average Bonchev–Trinajstić information content (AvgIpc) is 2.31. The second kappa shape index (κ2) is 5.47. The molecular formula is C12H13NO3S. The second-order valence-corrected chi connectivity index (χ2v) is 4.71. The summed E-state index contributed by atoms with van der Waals surface area (Å²) < 4.78 is 28.5. The first-order valence-electron chi connectivity index (χ1n) is 4.73. The smallest absolute Gasteiger partial charge is 0.339 e. The van der Waals surface area contributed by atoms with Crippen molar-refractivity contribution in [1.29, 1.82) is 0 Å². The van der Waals surface area contributed by atoms with Crippen molar-refractivity contribution in [2.45, 2.75) is 4.90 Å². The molecule has 0 bridgehead atoms. The number of hydrogen-bond donors (Lipinski definition) is 1. The molecular weight excluding hydrogens is 238 g/mol. The summed E-state index contributed by atoms with van der Waals surface area (Å²) in [5.41, 5.74) is 0. The molecule has 4 nitrogen and oxygen atoms in total. The molecule has 0 amide bonds. The van der Waals surface area contributed by atoms with Gasteiger partial charge in [-0.1, -0.05) is 36.4 Å². The third-order valence-corrected chi connectivity index (χ3v) is 3.24. The monoisotopic (exact) mass is 251 g/mol. The van der Waals surface area contributed by atoms with E-state index in [-0.39, 0.29) is 11.0 Å². The largest absolute Gasteiger partial charge is 0.379 e. The first-order chi connectivity index (χ1) is 7.68. The van der Waals surface area contributed by atoms with Gasteiger partial charge in [0, 0.05) is 0 Å². The van der Waals surface area contributed by atoms with E-state index in [0.29, 0.717) is 5.75 Å². The van der Waals surface area contributed by atoms with Gasteiger partial charge in [0.2, 0.25) is 0 Å². The van der Waals surface area contributed by atoms with Crippen LogP contribution in [0.3, 0.4) is 0 Å². The van der Waals surface area contributed by atoms with E-state index >= 15 is 0 Å². The Morgan fingerprint density at radius 1 is 0.765 bits per heavy atom. The highest BCUT2D eigenvalue weighted by Gasteiger charge is 2.15. The number of rotatable bonds is 3. The van der Waals surface area contributed by atoms with Crippen molar-refractivity contribution in [3.63, 3.8) is 0 Å². The van der Waals surface area contributed by atoms with Gasteiger partial charge in [-0.3, -0.25) is 0 Å². The highest BCUT2D eigenvalue weighted by atomic mass is 32.2. The Balaban J connectivity index is 0.00000144. The van der Waals surface area contributed by atoms with Crippen LogP contribution in [0.25, 0.3) is 0 Å². The van der Waals surface area contributed by atoms with E-state index in [1.165, 1.54) is 12.1 Å². The summed E-state index contributed by atoms with van der Waals surface area (Å²) in [6, 6.07) is 16.5. The lowest BCUT2D eigenvalue weighted by molar-refractivity contribution is 0.486. The topological polar surface area (TPSA) is 78.4 Å². The van der Waals surface area contributed by atoms with E-state index in [0.717, 1.165) is 0 Å². The summed E-state index contributed by atoms with van der Waals surface area (Å²) in [6.07, 6.45) is 0. The van der Waals surface area contributed by atoms with Gasteiger partial charge in [0.05, 0.1) is 0 Å². The molecule has 0 fully saturated rings. The van der Waals surface area contributed by atoms with Gasteiger partial charge in [0.25, 0.3) is 0 Å². The molecule has 90 valence electrons. The molecule has 2 aromatic carbocycles. The van der Waals surface area contributed by atoms with Gasteiger partial charge in [0.15, 0.2) is 0 Å². The van der Waals surface area contributed by atoms with Gasteiger partial charge in [-0.05, 0) is 24.3 Å². The predicted molar refractivity (Wildman–Crippen MR) is 65.7 cm³/mol. The van der Waals surface area contributed by atoms with Crippen LogP contribution in [0.4, 0.5) is 0 Å². The fourth-order valence-electron chi connectivity index (χ4n) is 1.24. The van der Waals surface area contributed by atoms with Gasteiger partial charge in [-0.25, -0.2) is 0 Å². The van der Waals surface area contributed by atoms with Crippen molar-refractivity contribution in [2.24, 2.45) is 0 Å². The standard InChI is InChI=1S/C12H10O3S.H3N/c13-16(14,12-9-5-2-6-10-12)15-11-7-3-1-4-8-11;/h1-10H;1H3. The van der Waals surface area contributed by atoms with Gasteiger partial charge < -0.3 is 10.3 Å². The van der Waals surface area contributed by atoms with E-state index in [1.807, 2.05) is 0 Å². The SMILES string of the molecule is N.O=S(=O)(Oc1ccccc1)c1ccccc1. The summed E-state index contributed by atoms with van der Waals surface area (Å²) in [5, 5.41) is 0. The molecule has 0 spiro atoms. The molecule has 17 heavy (non-hydrogen) atoms. The minimum Gasteiger partial charge on any atom is -0.379 e. The number of para-hydroxylation sites is 1. The van der Waals surface area contributed by atoms with Crippen LogP contribution in [0.15, 0.2) is 65.6 Å². The molecule has 0 radical (unpaired) electrons. The number of benzene rings is 2. The quantitative estimate of drug-likeness (QED) is 0.850. The lowest BCUT2D eigenvalue weighted by Crippen LogP contribution is -2.09. The molecule has 0 aliphatic heterocycles. The highest BCUT2D eigenvalue weighted by Crippen LogP contribution is 2.17. The molecule has 0 aliphatic rings. The minimum atomic E-state index is -3.71. The lowest BCUT2D eigenvalue weighted by atomic mass is 10.3. The molecule has 0 unspecified atom stereocenters. The maximum atomic E-state index is 11.8. The highest BCUT2D eigenvalue weighted by molar-refractivity contribution is 7.87. The fourth-order valence-corrected chi connectivity index (χ4v) is 2.19. The molecule has 0 aliphatic carbocycles. The molecule has 0 atom stereocenters. The molecule has 0 saturated carbocycles. The summed E-state index contributed by atoms with van der Waals surface area (Å²) in [6.45, 7) is 0. The third kappa shape index (κ3) is 3.30. The van der Waals surface area contributed by atoms with E-state index in [1.54, 1.807) is 48.5 Å². The molecule has 0 aromatic heterocycles. The van der Waals surface area contributed by atoms with E-state index in [2.05, 4.69) is 0 Å². The fraction of sp³-hybridized carbons (Fsp3) is 0. The predicted octanol–water partition coefficient (Wildman–Crippen LogP) is 2.62. The molecule has 3 N–H and O–H groups in total. The van der Waals surface area contributed by atoms with Gasteiger partial charge >= 0.3 is 10.1 Å². The van der Waals surface area contributed by atoms with Crippen molar-refractivity contribution < 1.29 is 12.6 Å². The molecule has 0 heterocycles. The Morgan fingerprint density at radius 3 is 1.76 bits per heavy atom. The molecule has 5 heteroatoms. The van der Waals surface area contributed by atoms with Crippen LogP contribution in [0.5, 0.6) is 5.75 Å². The maximum Gasteiger partial charge on any atom is 0.339 e. The Labute approximate surface area is 101 Å². The van der Waals surface area contributed by atoms with Crippen LogP contribution in [0.1, 0.15) is 0 Å². The van der Waals surface area contributed by atoms with Crippen molar-refractivity contribution in [3.05, 3.63) is 60.7 Å². The van der Waals surface area contributed by atoms with Crippen molar-refractivity contribution in [2.75, 3.05) is 0 Å². The minimum absolute atomic E-state index is 0. The summed E-state index contributed by atoms with van der Waals surface area (Å²) >= 11 is 0. The van der Waals surface area contributed by atoms with Crippen LogP contribution in [-0.4, -0.2) is 8.42 Å². The normalized spacial score (nSPS) is 10.4. The Morgan fingerprint density at radius 2 is 1.24 bits per heavy atom. The first kappa shape index (κ1) is 13.2. The summed E-state index contributed by atoms with van der Waals surface area (Å²) in [4.78, 5) is 0.152. The van der Waals surface area contributed by atoms with E-state index < -0.39 is 10.1 Å². The van der Waals surface area contributed by atoms with Crippen LogP contribution >= 0.6 is 0 Å². The van der Waals surface area contributed by atoms with Gasteiger partial charge in [0.1, 0.15) is 10.6 Å². The summed E-state index contributed by atoms with van der Waals surface area (Å²) in [7, 11) is -3.71. The van der Waals surface area contributed by atoms with Gasteiger partial charge in [-0.15, -0.1) is 0 Å². The van der Waals surface area contributed by atoms with Crippen LogP contribution < -0.4 is 10.3 Å². The van der Waals surface area contributed by atoms with E-state index in [4.69, 9.17) is 4.18 Å². The van der Waals surface area contributed by atoms with Crippen molar-refractivity contribution in [1.82, 2.24) is 6.15 Å². The Kier molecular flexibility index (Phi) is 4.25. The first-order valence-corrected chi connectivity index (χ1v) is 6.14. The molecule has 2 aromatic rings.